The van der Waals surface area contributed by atoms with E-state index in [0.29, 0.717) is 5.02 Å². The number of sulfonamides is 1. The summed E-state index contributed by atoms with van der Waals surface area (Å²) in [6.07, 6.45) is 1.38. The molecule has 1 aromatic heterocycles. The molecule has 2 rings (SSSR count). The lowest BCUT2D eigenvalue weighted by Crippen LogP contribution is -2.41. The Morgan fingerprint density at radius 2 is 1.86 bits per heavy atom. The van der Waals surface area contributed by atoms with Gasteiger partial charge in [0.05, 0.1) is 11.2 Å². The van der Waals surface area contributed by atoms with Crippen LogP contribution in [-0.2, 0) is 10.0 Å². The Labute approximate surface area is 131 Å². The Kier molecular flexibility index (Phi) is 4.61. The van der Waals surface area contributed by atoms with E-state index < -0.39 is 16.1 Å². The number of carbonyl (C=O) groups excluding carboxylic acids is 1. The van der Waals surface area contributed by atoms with Crippen LogP contribution < -0.4 is 10.0 Å². The maximum Gasteiger partial charge on any atom is 0.333 e. The van der Waals surface area contributed by atoms with Crippen molar-refractivity contribution in [3.63, 3.8) is 0 Å². The number of nitrogens with one attached hydrogen (secondary N) is 2. The highest BCUT2D eigenvalue weighted by Crippen LogP contribution is 2.13. The minimum Gasteiger partial charge on any atom is -0.462 e. The van der Waals surface area contributed by atoms with Crippen LogP contribution in [0.15, 0.2) is 52.0 Å². The molecule has 0 aliphatic heterocycles. The first-order valence-electron chi connectivity index (χ1n) is 5.56. The second kappa shape index (κ2) is 6.25. The molecule has 0 spiro atoms. The van der Waals surface area contributed by atoms with Crippen molar-refractivity contribution in [2.75, 3.05) is 0 Å². The molecule has 110 valence electrons. The van der Waals surface area contributed by atoms with E-state index in [4.69, 9.17) is 28.2 Å². The van der Waals surface area contributed by atoms with Crippen LogP contribution in [0.1, 0.15) is 5.76 Å². The van der Waals surface area contributed by atoms with Gasteiger partial charge in [-0.05, 0) is 36.4 Å². The van der Waals surface area contributed by atoms with Crippen molar-refractivity contribution in [1.82, 2.24) is 10.0 Å². The highest BCUT2D eigenvalue weighted by Gasteiger charge is 2.18. The summed E-state index contributed by atoms with van der Waals surface area (Å²) in [5.74, 6) is 0.254. The molecule has 0 bridgehead atoms. The second-order valence-electron chi connectivity index (χ2n) is 3.82. The number of furan rings is 1. The van der Waals surface area contributed by atoms with Gasteiger partial charge in [-0.25, -0.2) is 17.9 Å². The topological polar surface area (TPSA) is 88.4 Å². The fourth-order valence-corrected chi connectivity index (χ4v) is 2.63. The Hall–Kier alpha value is -1.90. The Morgan fingerprint density at radius 1 is 1.19 bits per heavy atom. The number of hydrogen-bond donors (Lipinski definition) is 2. The molecular weight excluding hydrogens is 336 g/mol. The quantitative estimate of drug-likeness (QED) is 0.834. The molecule has 2 N–H and O–H groups in total. The molecule has 0 aliphatic rings. The third-order valence-electron chi connectivity index (χ3n) is 2.32. The summed E-state index contributed by atoms with van der Waals surface area (Å²) in [6.45, 7) is 0. The van der Waals surface area contributed by atoms with Crippen LogP contribution in [0.25, 0.3) is 0 Å². The lowest BCUT2D eigenvalue weighted by atomic mass is 10.4. The fraction of sp³-hybridized carbons (Fsp3) is 0. The number of carbonyl (C=O) groups is 1. The first-order chi connectivity index (χ1) is 9.88. The summed E-state index contributed by atoms with van der Waals surface area (Å²) >= 11 is 10.6. The van der Waals surface area contributed by atoms with Crippen molar-refractivity contribution in [3.8, 4) is 0 Å². The minimum atomic E-state index is -4.00. The van der Waals surface area contributed by atoms with E-state index in [9.17, 15) is 13.2 Å². The number of urea groups is 1. The number of hydrogen-bond acceptors (Lipinski definition) is 5. The molecule has 2 aromatic rings. The van der Waals surface area contributed by atoms with Crippen LogP contribution in [-0.4, -0.2) is 19.4 Å². The van der Waals surface area contributed by atoms with Gasteiger partial charge in [-0.15, -0.1) is 0 Å². The average molecular weight is 345 g/mol. The number of benzene rings is 1. The van der Waals surface area contributed by atoms with Gasteiger partial charge in [-0.3, -0.25) is 5.32 Å². The van der Waals surface area contributed by atoms with E-state index >= 15 is 0 Å². The van der Waals surface area contributed by atoms with Crippen molar-refractivity contribution in [2.45, 2.75) is 4.90 Å². The Balaban J connectivity index is 2.05. The number of rotatable bonds is 3. The number of thiocarbonyl (C=S) groups is 1. The molecule has 9 heteroatoms. The summed E-state index contributed by atoms with van der Waals surface area (Å²) in [5, 5.41) is 2.59. The third-order valence-corrected chi connectivity index (χ3v) is 4.23. The molecule has 0 saturated heterocycles. The molecule has 0 unspecified atom stereocenters. The summed E-state index contributed by atoms with van der Waals surface area (Å²) in [5.41, 5.74) is 0. The van der Waals surface area contributed by atoms with Gasteiger partial charge in [0.25, 0.3) is 10.0 Å². The van der Waals surface area contributed by atoms with Crippen LogP contribution in [0.3, 0.4) is 0 Å². The standard InChI is InChI=1S/C12H9ClN2O4S2/c13-8-3-5-9(6-4-8)21(17,18)15-12(16)14-11(20)10-2-1-7-19-10/h1-7H,(H2,14,15,16,20). The zero-order valence-electron chi connectivity index (χ0n) is 10.4. The maximum atomic E-state index is 11.9. The van der Waals surface area contributed by atoms with E-state index in [1.165, 1.54) is 36.6 Å². The smallest absolute Gasteiger partial charge is 0.333 e. The molecule has 2 amide bonds. The van der Waals surface area contributed by atoms with Gasteiger partial charge in [0.15, 0.2) is 10.7 Å². The van der Waals surface area contributed by atoms with E-state index in [-0.39, 0.29) is 15.6 Å². The lowest BCUT2D eigenvalue weighted by molar-refractivity contribution is 0.250. The number of amides is 2. The van der Waals surface area contributed by atoms with Crippen LogP contribution in [0.2, 0.25) is 5.02 Å². The molecule has 21 heavy (non-hydrogen) atoms. The zero-order valence-corrected chi connectivity index (χ0v) is 12.8. The second-order valence-corrected chi connectivity index (χ2v) is 6.35. The van der Waals surface area contributed by atoms with E-state index in [1.54, 1.807) is 6.07 Å². The van der Waals surface area contributed by atoms with Crippen LogP contribution in [0.4, 0.5) is 4.79 Å². The largest absolute Gasteiger partial charge is 0.462 e. The Bertz CT molecular complexity index is 755. The van der Waals surface area contributed by atoms with E-state index in [2.05, 4.69) is 5.32 Å². The van der Waals surface area contributed by atoms with Crippen molar-refractivity contribution >= 4 is 44.9 Å². The van der Waals surface area contributed by atoms with Gasteiger partial charge < -0.3 is 4.42 Å². The molecule has 0 radical (unpaired) electrons. The first-order valence-corrected chi connectivity index (χ1v) is 7.82. The van der Waals surface area contributed by atoms with Crippen molar-refractivity contribution in [1.29, 1.82) is 0 Å². The molecule has 1 heterocycles. The summed E-state index contributed by atoms with van der Waals surface area (Å²) in [7, 11) is -4.00. The third kappa shape index (κ3) is 4.03. The minimum absolute atomic E-state index is 0.0243. The van der Waals surface area contributed by atoms with Crippen LogP contribution >= 0.6 is 23.8 Å². The Morgan fingerprint density at radius 3 is 2.43 bits per heavy atom. The van der Waals surface area contributed by atoms with Gasteiger partial charge in [-0.2, -0.15) is 0 Å². The van der Waals surface area contributed by atoms with Crippen molar-refractivity contribution < 1.29 is 17.6 Å². The van der Waals surface area contributed by atoms with Crippen LogP contribution in [0, 0.1) is 0 Å². The van der Waals surface area contributed by atoms with Gasteiger partial charge in [0.2, 0.25) is 0 Å². The molecule has 0 fully saturated rings. The molecule has 0 atom stereocenters. The average Bonchev–Trinajstić information content (AvgIpc) is 2.92. The van der Waals surface area contributed by atoms with E-state index in [1.807, 2.05) is 4.72 Å². The molecule has 6 nitrogen and oxygen atoms in total. The molecule has 0 aliphatic carbocycles. The normalized spacial score (nSPS) is 10.9. The molecule has 0 saturated carbocycles. The summed E-state index contributed by atoms with van der Waals surface area (Å²) in [4.78, 5) is 11.5. The molecule has 1 aromatic carbocycles. The fourth-order valence-electron chi connectivity index (χ4n) is 1.39. The van der Waals surface area contributed by atoms with Crippen molar-refractivity contribution in [2.24, 2.45) is 0 Å². The van der Waals surface area contributed by atoms with Gasteiger partial charge >= 0.3 is 6.03 Å². The van der Waals surface area contributed by atoms with E-state index in [0.717, 1.165) is 0 Å². The summed E-state index contributed by atoms with van der Waals surface area (Å²) < 4.78 is 30.7. The first kappa shape index (κ1) is 15.5. The highest BCUT2D eigenvalue weighted by atomic mass is 35.5. The number of halogens is 1. The monoisotopic (exact) mass is 344 g/mol. The lowest BCUT2D eigenvalue weighted by Gasteiger charge is -2.08. The van der Waals surface area contributed by atoms with Crippen LogP contribution in [0.5, 0.6) is 0 Å². The van der Waals surface area contributed by atoms with Gasteiger partial charge in [-0.1, -0.05) is 23.8 Å². The zero-order chi connectivity index (χ0) is 15.5. The van der Waals surface area contributed by atoms with Crippen molar-refractivity contribution in [3.05, 3.63) is 53.4 Å². The predicted molar refractivity (Wildman–Crippen MR) is 80.7 cm³/mol. The maximum absolute atomic E-state index is 11.9. The predicted octanol–water partition coefficient (Wildman–Crippen LogP) is 2.30. The van der Waals surface area contributed by atoms with Gasteiger partial charge in [0, 0.05) is 5.02 Å². The highest BCUT2D eigenvalue weighted by molar-refractivity contribution is 7.90. The van der Waals surface area contributed by atoms with Gasteiger partial charge in [0.1, 0.15) is 0 Å². The SMILES string of the molecule is O=C(NC(=S)c1ccco1)NS(=O)(=O)c1ccc(Cl)cc1. The summed E-state index contributed by atoms with van der Waals surface area (Å²) in [6, 6.07) is 7.52. The molecular formula is C12H9ClN2O4S2.